The van der Waals surface area contributed by atoms with Crippen molar-refractivity contribution in [1.82, 2.24) is 4.90 Å². The summed E-state index contributed by atoms with van der Waals surface area (Å²) in [4.78, 5) is 13.5. The van der Waals surface area contributed by atoms with Crippen LogP contribution in [0.3, 0.4) is 0 Å². The highest BCUT2D eigenvalue weighted by Crippen LogP contribution is 2.31. The van der Waals surface area contributed by atoms with Gasteiger partial charge in [0, 0.05) is 28.7 Å². The highest BCUT2D eigenvalue weighted by molar-refractivity contribution is 9.10. The Morgan fingerprint density at radius 3 is 2.47 bits per heavy atom. The van der Waals surface area contributed by atoms with Crippen LogP contribution in [-0.2, 0) is 9.05 Å². The van der Waals surface area contributed by atoms with E-state index in [4.69, 9.17) is 22.3 Å². The highest BCUT2D eigenvalue weighted by atomic mass is 79.9. The minimum atomic E-state index is -3.92. The zero-order valence-corrected chi connectivity index (χ0v) is 14.2. The molecule has 4 nitrogen and oxygen atoms in total. The van der Waals surface area contributed by atoms with Gasteiger partial charge in [0.15, 0.2) is 0 Å². The Bertz CT molecular complexity index is 604. The molecule has 0 radical (unpaired) electrons. The third kappa shape index (κ3) is 4.08. The standard InChI is InChI=1S/C11H12BrCl2NO3S/c1-3-4-15(2)11(16)8-5-7(19(14,17)18)6-9(12)10(8)13/h5-6H,3-4H2,1-2H3. The van der Waals surface area contributed by atoms with Gasteiger partial charge in [-0.05, 0) is 34.5 Å². The first-order chi connectivity index (χ1) is 8.68. The van der Waals surface area contributed by atoms with Gasteiger partial charge in [0.05, 0.1) is 15.5 Å². The average molecular weight is 389 g/mol. The van der Waals surface area contributed by atoms with Gasteiger partial charge in [0.2, 0.25) is 0 Å². The first-order valence-electron chi connectivity index (χ1n) is 5.37. The lowest BCUT2D eigenvalue weighted by Crippen LogP contribution is -2.27. The average Bonchev–Trinajstić information content (AvgIpc) is 2.30. The van der Waals surface area contributed by atoms with E-state index in [1.807, 2.05) is 6.92 Å². The quantitative estimate of drug-likeness (QED) is 0.741. The van der Waals surface area contributed by atoms with E-state index in [9.17, 15) is 13.2 Å². The van der Waals surface area contributed by atoms with Crippen molar-refractivity contribution in [3.8, 4) is 0 Å². The predicted molar refractivity (Wildman–Crippen MR) is 79.4 cm³/mol. The summed E-state index contributed by atoms with van der Waals surface area (Å²) < 4.78 is 23.0. The maximum absolute atomic E-state index is 12.2. The summed E-state index contributed by atoms with van der Waals surface area (Å²) in [6.07, 6.45) is 0.786. The summed E-state index contributed by atoms with van der Waals surface area (Å²) in [5.74, 6) is -0.352. The largest absolute Gasteiger partial charge is 0.342 e. The molecule has 0 aliphatic heterocycles. The lowest BCUT2D eigenvalue weighted by Gasteiger charge is -2.17. The molecule has 0 bridgehead atoms. The van der Waals surface area contributed by atoms with Crippen molar-refractivity contribution < 1.29 is 13.2 Å². The molecule has 0 atom stereocenters. The molecule has 1 amide bonds. The van der Waals surface area contributed by atoms with Crippen LogP contribution in [0.4, 0.5) is 0 Å². The van der Waals surface area contributed by atoms with E-state index in [-0.39, 0.29) is 21.4 Å². The second-order valence-corrected chi connectivity index (χ2v) is 7.73. The van der Waals surface area contributed by atoms with Crippen molar-refractivity contribution in [2.75, 3.05) is 13.6 Å². The Kier molecular flexibility index (Phi) is 5.67. The van der Waals surface area contributed by atoms with E-state index < -0.39 is 9.05 Å². The minimum absolute atomic E-state index is 0.103. The summed E-state index contributed by atoms with van der Waals surface area (Å²) in [5.41, 5.74) is 0.103. The van der Waals surface area contributed by atoms with Crippen LogP contribution >= 0.6 is 38.2 Å². The van der Waals surface area contributed by atoms with Gasteiger partial charge in [-0.3, -0.25) is 4.79 Å². The van der Waals surface area contributed by atoms with E-state index in [1.165, 1.54) is 17.0 Å². The van der Waals surface area contributed by atoms with Gasteiger partial charge in [0.25, 0.3) is 15.0 Å². The zero-order valence-electron chi connectivity index (χ0n) is 10.3. The van der Waals surface area contributed by atoms with Gasteiger partial charge in [-0.2, -0.15) is 0 Å². The monoisotopic (exact) mass is 387 g/mol. The predicted octanol–water partition coefficient (Wildman–Crippen LogP) is 3.51. The number of carbonyl (C=O) groups is 1. The number of hydrogen-bond donors (Lipinski definition) is 0. The third-order valence-corrected chi connectivity index (χ3v) is 5.01. The Morgan fingerprint density at radius 1 is 1.42 bits per heavy atom. The second-order valence-electron chi connectivity index (χ2n) is 3.93. The summed E-state index contributed by atoms with van der Waals surface area (Å²) in [6.45, 7) is 2.48. The molecule has 1 rings (SSSR count). The molecule has 0 aliphatic carbocycles. The third-order valence-electron chi connectivity index (χ3n) is 2.42. The number of benzene rings is 1. The Labute approximate surface area is 130 Å². The van der Waals surface area contributed by atoms with Crippen molar-refractivity contribution in [3.05, 3.63) is 27.2 Å². The number of hydrogen-bond acceptors (Lipinski definition) is 3. The molecule has 1 aromatic carbocycles. The molecule has 1 aromatic rings. The Hall–Kier alpha value is -0.300. The van der Waals surface area contributed by atoms with Gasteiger partial charge >= 0.3 is 0 Å². The van der Waals surface area contributed by atoms with E-state index >= 15 is 0 Å². The normalized spacial score (nSPS) is 11.4. The summed E-state index contributed by atoms with van der Waals surface area (Å²) >= 11 is 9.14. The highest BCUT2D eigenvalue weighted by Gasteiger charge is 2.21. The Morgan fingerprint density at radius 2 is 2.00 bits per heavy atom. The van der Waals surface area contributed by atoms with E-state index in [0.29, 0.717) is 11.0 Å². The van der Waals surface area contributed by atoms with Crippen molar-refractivity contribution in [2.24, 2.45) is 0 Å². The van der Waals surface area contributed by atoms with Crippen LogP contribution in [0.15, 0.2) is 21.5 Å². The molecule has 0 unspecified atom stereocenters. The second kappa shape index (κ2) is 6.43. The maximum Gasteiger partial charge on any atom is 0.261 e. The maximum atomic E-state index is 12.2. The number of carbonyl (C=O) groups excluding carboxylic acids is 1. The van der Waals surface area contributed by atoms with E-state index in [2.05, 4.69) is 15.9 Å². The van der Waals surface area contributed by atoms with Gasteiger partial charge in [0.1, 0.15) is 0 Å². The number of amides is 1. The fourth-order valence-corrected chi connectivity index (χ4v) is 3.09. The molecular formula is C11H12BrCl2NO3S. The number of rotatable bonds is 4. The lowest BCUT2D eigenvalue weighted by molar-refractivity contribution is 0.0795. The lowest BCUT2D eigenvalue weighted by atomic mass is 10.2. The molecule has 0 N–H and O–H groups in total. The summed E-state index contributed by atoms with van der Waals surface area (Å²) in [5, 5.41) is 0.164. The molecule has 106 valence electrons. The zero-order chi connectivity index (χ0) is 14.8. The van der Waals surface area contributed by atoms with Gasteiger partial charge in [-0.25, -0.2) is 8.42 Å². The first kappa shape index (κ1) is 16.8. The molecule has 0 aliphatic rings. The van der Waals surface area contributed by atoms with Crippen LogP contribution in [-0.4, -0.2) is 32.8 Å². The number of nitrogens with zero attached hydrogens (tertiary/aromatic N) is 1. The number of halogens is 3. The van der Waals surface area contributed by atoms with Crippen molar-refractivity contribution in [3.63, 3.8) is 0 Å². The van der Waals surface area contributed by atoms with Gasteiger partial charge in [-0.1, -0.05) is 18.5 Å². The smallest absolute Gasteiger partial charge is 0.261 e. The molecule has 0 saturated carbocycles. The molecule has 0 fully saturated rings. The summed E-state index contributed by atoms with van der Waals surface area (Å²) in [7, 11) is 2.98. The van der Waals surface area contributed by atoms with Crippen LogP contribution in [0.2, 0.25) is 5.02 Å². The fourth-order valence-electron chi connectivity index (χ4n) is 1.50. The molecular weight excluding hydrogens is 377 g/mol. The Balaban J connectivity index is 3.35. The van der Waals surface area contributed by atoms with Gasteiger partial charge in [-0.15, -0.1) is 0 Å². The molecule has 0 saturated heterocycles. The topological polar surface area (TPSA) is 54.5 Å². The van der Waals surface area contributed by atoms with Crippen molar-refractivity contribution in [2.45, 2.75) is 18.2 Å². The van der Waals surface area contributed by atoms with Crippen molar-refractivity contribution in [1.29, 1.82) is 0 Å². The minimum Gasteiger partial charge on any atom is -0.342 e. The van der Waals surface area contributed by atoms with Crippen molar-refractivity contribution >= 4 is 53.2 Å². The SMILES string of the molecule is CCCN(C)C(=O)c1cc(S(=O)(=O)Cl)cc(Br)c1Cl. The van der Waals surface area contributed by atoms with E-state index in [1.54, 1.807) is 7.05 Å². The molecule has 8 heteroatoms. The molecule has 0 heterocycles. The van der Waals surface area contributed by atoms with Crippen LogP contribution in [0, 0.1) is 0 Å². The molecule has 19 heavy (non-hydrogen) atoms. The van der Waals surface area contributed by atoms with Crippen LogP contribution in [0.25, 0.3) is 0 Å². The summed E-state index contributed by atoms with van der Waals surface area (Å²) in [6, 6.07) is 2.45. The van der Waals surface area contributed by atoms with Gasteiger partial charge < -0.3 is 4.90 Å². The molecule has 0 aromatic heterocycles. The van der Waals surface area contributed by atoms with Crippen LogP contribution < -0.4 is 0 Å². The van der Waals surface area contributed by atoms with E-state index in [0.717, 1.165) is 6.42 Å². The first-order valence-corrected chi connectivity index (χ1v) is 8.85. The van der Waals surface area contributed by atoms with Crippen LogP contribution in [0.5, 0.6) is 0 Å². The fraction of sp³-hybridized carbons (Fsp3) is 0.364. The van der Waals surface area contributed by atoms with Crippen LogP contribution in [0.1, 0.15) is 23.7 Å². The molecule has 0 spiro atoms.